The molecule has 21 heavy (non-hydrogen) atoms. The monoisotopic (exact) mass is 290 g/mol. The van der Waals surface area contributed by atoms with Crippen molar-refractivity contribution in [2.45, 2.75) is 13.1 Å². The Labute approximate surface area is 119 Å². The van der Waals surface area contributed by atoms with Crippen LogP contribution in [0.2, 0.25) is 0 Å². The first-order valence-corrected chi connectivity index (χ1v) is 6.41. The zero-order valence-corrected chi connectivity index (χ0v) is 11.3. The maximum absolute atomic E-state index is 12.9. The fourth-order valence-corrected chi connectivity index (χ4v) is 2.50. The maximum Gasteiger partial charge on any atom is 0.416 e. The van der Waals surface area contributed by atoms with Gasteiger partial charge in [-0.2, -0.15) is 13.2 Å². The molecule has 5 heteroatoms. The molecule has 0 radical (unpaired) electrons. The highest BCUT2D eigenvalue weighted by Gasteiger charge is 2.31. The summed E-state index contributed by atoms with van der Waals surface area (Å²) in [6.07, 6.45) is -2.60. The molecule has 1 heterocycles. The average molecular weight is 290 g/mol. The SMILES string of the molecule is Cc1cn(-c2cc(N)cc(C(F)(F)F)c2)c2ccccc12. The van der Waals surface area contributed by atoms with Gasteiger partial charge < -0.3 is 10.3 Å². The number of rotatable bonds is 1. The first kappa shape index (κ1) is 13.5. The first-order valence-electron chi connectivity index (χ1n) is 6.41. The topological polar surface area (TPSA) is 30.9 Å². The Morgan fingerprint density at radius 3 is 2.48 bits per heavy atom. The van der Waals surface area contributed by atoms with Gasteiger partial charge in [-0.05, 0) is 36.8 Å². The van der Waals surface area contributed by atoms with Crippen LogP contribution < -0.4 is 5.73 Å². The van der Waals surface area contributed by atoms with Crippen molar-refractivity contribution in [1.82, 2.24) is 4.57 Å². The number of fused-ring (bicyclic) bond motifs is 1. The number of hydrogen-bond acceptors (Lipinski definition) is 1. The van der Waals surface area contributed by atoms with E-state index in [0.29, 0.717) is 5.69 Å². The summed E-state index contributed by atoms with van der Waals surface area (Å²) in [6.45, 7) is 1.93. The molecular weight excluding hydrogens is 277 g/mol. The molecule has 1 aromatic heterocycles. The number of hydrogen-bond donors (Lipinski definition) is 1. The minimum atomic E-state index is -4.41. The highest BCUT2D eigenvalue weighted by atomic mass is 19.4. The molecule has 0 fully saturated rings. The van der Waals surface area contributed by atoms with Gasteiger partial charge in [0.1, 0.15) is 0 Å². The minimum absolute atomic E-state index is 0.0928. The van der Waals surface area contributed by atoms with E-state index in [1.807, 2.05) is 37.4 Å². The van der Waals surface area contributed by atoms with Crippen molar-refractivity contribution in [2.75, 3.05) is 5.73 Å². The van der Waals surface area contributed by atoms with E-state index in [9.17, 15) is 13.2 Å². The Morgan fingerprint density at radius 1 is 1.05 bits per heavy atom. The molecule has 2 N–H and O–H groups in total. The number of benzene rings is 2. The van der Waals surface area contributed by atoms with Gasteiger partial charge in [0.2, 0.25) is 0 Å². The van der Waals surface area contributed by atoms with Crippen LogP contribution in [0.3, 0.4) is 0 Å². The lowest BCUT2D eigenvalue weighted by molar-refractivity contribution is -0.137. The molecule has 2 nitrogen and oxygen atoms in total. The van der Waals surface area contributed by atoms with Crippen LogP contribution >= 0.6 is 0 Å². The standard InChI is InChI=1S/C16H13F3N2/c1-10-9-21(15-5-3-2-4-14(10)15)13-7-11(16(17,18)19)6-12(20)8-13/h2-9H,20H2,1H3. The number of nitrogens with two attached hydrogens (primary N) is 1. The van der Waals surface area contributed by atoms with Crippen LogP contribution in [0.15, 0.2) is 48.7 Å². The van der Waals surface area contributed by atoms with E-state index in [1.165, 1.54) is 0 Å². The number of nitrogen functional groups attached to an aromatic ring is 1. The highest BCUT2D eigenvalue weighted by molar-refractivity contribution is 5.85. The smallest absolute Gasteiger partial charge is 0.399 e. The first-order chi connectivity index (χ1) is 9.86. The largest absolute Gasteiger partial charge is 0.416 e. The van der Waals surface area contributed by atoms with Crippen molar-refractivity contribution in [3.63, 3.8) is 0 Å². The molecule has 0 atom stereocenters. The van der Waals surface area contributed by atoms with Crippen LogP contribution in [0.25, 0.3) is 16.6 Å². The molecule has 3 aromatic rings. The molecule has 3 rings (SSSR count). The Bertz CT molecular complexity index is 816. The summed E-state index contributed by atoms with van der Waals surface area (Å²) >= 11 is 0. The second-order valence-electron chi connectivity index (χ2n) is 5.01. The summed E-state index contributed by atoms with van der Waals surface area (Å²) in [6, 6.07) is 11.2. The number of anilines is 1. The van der Waals surface area contributed by atoms with Gasteiger partial charge >= 0.3 is 6.18 Å². The van der Waals surface area contributed by atoms with Crippen LogP contribution in [0.5, 0.6) is 0 Å². The Kier molecular flexibility index (Phi) is 2.93. The van der Waals surface area contributed by atoms with Crippen molar-refractivity contribution in [3.8, 4) is 5.69 Å². The molecular formula is C16H13F3N2. The fraction of sp³-hybridized carbons (Fsp3) is 0.125. The fourth-order valence-electron chi connectivity index (χ4n) is 2.50. The molecule has 0 aliphatic heterocycles. The van der Waals surface area contributed by atoms with E-state index < -0.39 is 11.7 Å². The Morgan fingerprint density at radius 2 is 1.76 bits per heavy atom. The molecule has 108 valence electrons. The van der Waals surface area contributed by atoms with Gasteiger partial charge in [-0.3, -0.25) is 0 Å². The van der Waals surface area contributed by atoms with E-state index in [0.717, 1.165) is 28.6 Å². The zero-order chi connectivity index (χ0) is 15.2. The lowest BCUT2D eigenvalue weighted by atomic mass is 10.1. The molecule has 0 unspecified atom stereocenters. The van der Waals surface area contributed by atoms with Crippen LogP contribution in [-0.4, -0.2) is 4.57 Å². The van der Waals surface area contributed by atoms with Gasteiger partial charge in [-0.25, -0.2) is 0 Å². The lowest BCUT2D eigenvalue weighted by Gasteiger charge is -2.12. The van der Waals surface area contributed by atoms with E-state index in [4.69, 9.17) is 5.73 Å². The predicted molar refractivity (Wildman–Crippen MR) is 77.4 cm³/mol. The van der Waals surface area contributed by atoms with Crippen LogP contribution in [-0.2, 0) is 6.18 Å². The molecule has 0 saturated carbocycles. The predicted octanol–water partition coefficient (Wildman–Crippen LogP) is 4.54. The van der Waals surface area contributed by atoms with Crippen molar-refractivity contribution >= 4 is 16.6 Å². The number of aromatic nitrogens is 1. The van der Waals surface area contributed by atoms with Crippen LogP contribution in [0.1, 0.15) is 11.1 Å². The minimum Gasteiger partial charge on any atom is -0.399 e. The summed E-state index contributed by atoms with van der Waals surface area (Å²) in [5.74, 6) is 0. The molecule has 0 amide bonds. The maximum atomic E-state index is 12.9. The van der Waals surface area contributed by atoms with E-state index in [1.54, 1.807) is 10.6 Å². The normalized spacial score (nSPS) is 12.0. The van der Waals surface area contributed by atoms with Gasteiger partial charge in [-0.15, -0.1) is 0 Å². The summed E-state index contributed by atoms with van der Waals surface area (Å²) in [4.78, 5) is 0. The average Bonchev–Trinajstić information content (AvgIpc) is 2.75. The molecule has 2 aromatic carbocycles. The van der Waals surface area contributed by atoms with E-state index in [2.05, 4.69) is 0 Å². The van der Waals surface area contributed by atoms with E-state index in [-0.39, 0.29) is 5.69 Å². The highest BCUT2D eigenvalue weighted by Crippen LogP contribution is 2.33. The third-order valence-electron chi connectivity index (χ3n) is 3.46. The lowest BCUT2D eigenvalue weighted by Crippen LogP contribution is -2.07. The molecule has 0 aliphatic carbocycles. The van der Waals surface area contributed by atoms with Crippen molar-refractivity contribution < 1.29 is 13.2 Å². The number of halogens is 3. The molecule has 0 aliphatic rings. The third kappa shape index (κ3) is 2.35. The summed E-state index contributed by atoms with van der Waals surface area (Å²) < 4.78 is 40.5. The molecule has 0 spiro atoms. The Balaban J connectivity index is 2.26. The van der Waals surface area contributed by atoms with Gasteiger partial charge in [0.25, 0.3) is 0 Å². The second-order valence-corrected chi connectivity index (χ2v) is 5.01. The molecule has 0 saturated heterocycles. The number of aryl methyl sites for hydroxylation is 1. The second kappa shape index (κ2) is 4.55. The van der Waals surface area contributed by atoms with Gasteiger partial charge in [-0.1, -0.05) is 18.2 Å². The number of nitrogens with zero attached hydrogens (tertiary/aromatic N) is 1. The quantitative estimate of drug-likeness (QED) is 0.655. The van der Waals surface area contributed by atoms with Crippen molar-refractivity contribution in [3.05, 3.63) is 59.8 Å². The van der Waals surface area contributed by atoms with E-state index >= 15 is 0 Å². The van der Waals surface area contributed by atoms with Gasteiger partial charge in [0.15, 0.2) is 0 Å². The van der Waals surface area contributed by atoms with Gasteiger partial charge in [0, 0.05) is 23.0 Å². The van der Waals surface area contributed by atoms with Crippen LogP contribution in [0, 0.1) is 6.92 Å². The summed E-state index contributed by atoms with van der Waals surface area (Å²) in [5.41, 5.74) is 7.25. The van der Waals surface area contributed by atoms with Gasteiger partial charge in [0.05, 0.1) is 11.1 Å². The third-order valence-corrected chi connectivity index (χ3v) is 3.46. The zero-order valence-electron chi connectivity index (χ0n) is 11.3. The van der Waals surface area contributed by atoms with Crippen molar-refractivity contribution in [2.24, 2.45) is 0 Å². The number of alkyl halides is 3. The summed E-state index contributed by atoms with van der Waals surface area (Å²) in [5, 5.41) is 1.01. The molecule has 0 bridgehead atoms. The van der Waals surface area contributed by atoms with Crippen molar-refractivity contribution in [1.29, 1.82) is 0 Å². The van der Waals surface area contributed by atoms with Crippen LogP contribution in [0.4, 0.5) is 18.9 Å². The number of para-hydroxylation sites is 1. The summed E-state index contributed by atoms with van der Waals surface area (Å²) in [7, 11) is 0. The Hall–Kier alpha value is -2.43.